The molecule has 3 aromatic carbocycles. The van der Waals surface area contributed by atoms with Crippen LogP contribution in [0.25, 0.3) is 10.8 Å². The molecular formula is C21H18N4. The Morgan fingerprint density at radius 1 is 0.880 bits per heavy atom. The summed E-state index contributed by atoms with van der Waals surface area (Å²) in [5.74, 6) is 0.832. The molecule has 0 amide bonds. The van der Waals surface area contributed by atoms with Crippen LogP contribution in [0.3, 0.4) is 0 Å². The molecule has 1 aliphatic heterocycles. The number of hydrogen-bond donors (Lipinski definition) is 1. The molecule has 5 rings (SSSR count). The Morgan fingerprint density at radius 2 is 1.68 bits per heavy atom. The average Bonchev–Trinajstić information content (AvgIpc) is 3.16. The lowest BCUT2D eigenvalue weighted by molar-refractivity contribution is 0.433. The largest absolute Gasteiger partial charge is 0.348 e. The Kier molecular flexibility index (Phi) is 3.27. The highest BCUT2D eigenvalue weighted by Gasteiger charge is 2.30. The summed E-state index contributed by atoms with van der Waals surface area (Å²) in [6.07, 6.45) is 2.57. The molecule has 0 bridgehead atoms. The van der Waals surface area contributed by atoms with E-state index in [1.165, 1.54) is 21.9 Å². The van der Waals surface area contributed by atoms with Crippen LogP contribution in [-0.4, -0.2) is 14.8 Å². The quantitative estimate of drug-likeness (QED) is 0.586. The topological polar surface area (TPSA) is 42.7 Å². The van der Waals surface area contributed by atoms with Crippen molar-refractivity contribution < 1.29 is 0 Å². The van der Waals surface area contributed by atoms with Gasteiger partial charge in [-0.3, -0.25) is 0 Å². The number of anilines is 1. The normalized spacial score (nSPS) is 19.4. The van der Waals surface area contributed by atoms with Crippen LogP contribution in [-0.2, 0) is 0 Å². The fourth-order valence-electron chi connectivity index (χ4n) is 3.82. The number of nitrogens with one attached hydrogen (secondary N) is 1. The first-order chi connectivity index (χ1) is 12.4. The predicted octanol–water partition coefficient (Wildman–Crippen LogP) is 4.58. The predicted molar refractivity (Wildman–Crippen MR) is 99.5 cm³/mol. The molecule has 0 radical (unpaired) electrons. The standard InChI is InChI=1S/C21H18N4/c1-2-8-16(9-3-1)19-13-20(25-21(24-19)22-14-23-25)18-12-6-10-15-7-4-5-11-17(15)18/h1-12,14,19-20H,13H2,(H,22,23,24)/t19-,20-/m0/s1. The molecule has 0 fully saturated rings. The third-order valence-corrected chi connectivity index (χ3v) is 5.01. The van der Waals surface area contributed by atoms with Crippen LogP contribution in [0.2, 0.25) is 0 Å². The highest BCUT2D eigenvalue weighted by atomic mass is 15.4. The van der Waals surface area contributed by atoms with Crippen LogP contribution < -0.4 is 5.32 Å². The summed E-state index contributed by atoms with van der Waals surface area (Å²) in [7, 11) is 0. The van der Waals surface area contributed by atoms with Crippen LogP contribution in [0.5, 0.6) is 0 Å². The van der Waals surface area contributed by atoms with Gasteiger partial charge in [-0.05, 0) is 28.3 Å². The first-order valence-corrected chi connectivity index (χ1v) is 8.59. The van der Waals surface area contributed by atoms with Crippen molar-refractivity contribution in [2.45, 2.75) is 18.5 Å². The van der Waals surface area contributed by atoms with E-state index in [1.807, 2.05) is 4.68 Å². The van der Waals surface area contributed by atoms with Gasteiger partial charge in [0.1, 0.15) is 6.33 Å². The number of aromatic nitrogens is 3. The van der Waals surface area contributed by atoms with Gasteiger partial charge in [-0.15, -0.1) is 0 Å². The van der Waals surface area contributed by atoms with E-state index in [0.29, 0.717) is 0 Å². The number of benzene rings is 3. The minimum Gasteiger partial charge on any atom is -0.348 e. The second-order valence-corrected chi connectivity index (χ2v) is 6.46. The van der Waals surface area contributed by atoms with Gasteiger partial charge in [-0.25, -0.2) is 4.68 Å². The summed E-state index contributed by atoms with van der Waals surface area (Å²) >= 11 is 0. The van der Waals surface area contributed by atoms with Crippen molar-refractivity contribution >= 4 is 16.7 Å². The summed E-state index contributed by atoms with van der Waals surface area (Å²) in [5, 5.41) is 10.6. The number of nitrogens with zero attached hydrogens (tertiary/aromatic N) is 3. The molecular weight excluding hydrogens is 308 g/mol. The molecule has 2 atom stereocenters. The van der Waals surface area contributed by atoms with Crippen molar-refractivity contribution in [3.8, 4) is 0 Å². The second kappa shape index (κ2) is 5.74. The number of hydrogen-bond acceptors (Lipinski definition) is 3. The molecule has 122 valence electrons. The van der Waals surface area contributed by atoms with Gasteiger partial charge in [0.15, 0.2) is 0 Å². The van der Waals surface area contributed by atoms with Gasteiger partial charge < -0.3 is 5.32 Å². The molecule has 4 heteroatoms. The number of fused-ring (bicyclic) bond motifs is 2. The Labute approximate surface area is 146 Å². The lowest BCUT2D eigenvalue weighted by Crippen LogP contribution is -2.28. The zero-order valence-electron chi connectivity index (χ0n) is 13.7. The third-order valence-electron chi connectivity index (χ3n) is 5.01. The summed E-state index contributed by atoms with van der Waals surface area (Å²) in [6, 6.07) is 26.0. The molecule has 0 saturated carbocycles. The minimum atomic E-state index is 0.162. The molecule has 1 N–H and O–H groups in total. The van der Waals surface area contributed by atoms with E-state index in [4.69, 9.17) is 0 Å². The highest BCUT2D eigenvalue weighted by Crippen LogP contribution is 2.39. The van der Waals surface area contributed by atoms with Gasteiger partial charge in [-0.1, -0.05) is 72.8 Å². The lowest BCUT2D eigenvalue weighted by atomic mass is 9.90. The first-order valence-electron chi connectivity index (χ1n) is 8.59. The lowest BCUT2D eigenvalue weighted by Gasteiger charge is -2.32. The van der Waals surface area contributed by atoms with E-state index < -0.39 is 0 Å². The van der Waals surface area contributed by atoms with E-state index >= 15 is 0 Å². The summed E-state index contributed by atoms with van der Waals surface area (Å²) in [4.78, 5) is 4.43. The molecule has 1 aliphatic rings. The van der Waals surface area contributed by atoms with E-state index in [0.717, 1.165) is 12.4 Å². The molecule has 0 aliphatic carbocycles. The van der Waals surface area contributed by atoms with E-state index in [-0.39, 0.29) is 12.1 Å². The monoisotopic (exact) mass is 326 g/mol. The van der Waals surface area contributed by atoms with Gasteiger partial charge in [0, 0.05) is 0 Å². The molecule has 4 aromatic rings. The van der Waals surface area contributed by atoms with Crippen LogP contribution in [0.15, 0.2) is 79.1 Å². The second-order valence-electron chi connectivity index (χ2n) is 6.46. The zero-order valence-corrected chi connectivity index (χ0v) is 13.7. The van der Waals surface area contributed by atoms with Gasteiger partial charge in [0.25, 0.3) is 0 Å². The third kappa shape index (κ3) is 2.38. The molecule has 2 heterocycles. The molecule has 1 aromatic heterocycles. The smallest absolute Gasteiger partial charge is 0.222 e. The Hall–Kier alpha value is -3.14. The Balaban J connectivity index is 1.65. The van der Waals surface area contributed by atoms with E-state index in [1.54, 1.807) is 6.33 Å². The molecule has 25 heavy (non-hydrogen) atoms. The van der Waals surface area contributed by atoms with Crippen molar-refractivity contribution in [2.24, 2.45) is 0 Å². The van der Waals surface area contributed by atoms with Crippen molar-refractivity contribution in [3.05, 3.63) is 90.3 Å². The average molecular weight is 326 g/mol. The van der Waals surface area contributed by atoms with Gasteiger partial charge in [-0.2, -0.15) is 10.1 Å². The first kappa shape index (κ1) is 14.2. The molecule has 0 spiro atoms. The minimum absolute atomic E-state index is 0.162. The van der Waals surface area contributed by atoms with E-state index in [9.17, 15) is 0 Å². The van der Waals surface area contributed by atoms with Crippen molar-refractivity contribution in [3.63, 3.8) is 0 Å². The van der Waals surface area contributed by atoms with Crippen molar-refractivity contribution in [1.29, 1.82) is 0 Å². The van der Waals surface area contributed by atoms with Gasteiger partial charge >= 0.3 is 0 Å². The van der Waals surface area contributed by atoms with Crippen LogP contribution in [0.1, 0.15) is 29.6 Å². The van der Waals surface area contributed by atoms with E-state index in [2.05, 4.69) is 88.2 Å². The maximum Gasteiger partial charge on any atom is 0.222 e. The van der Waals surface area contributed by atoms with Crippen LogP contribution in [0, 0.1) is 0 Å². The maximum atomic E-state index is 4.49. The van der Waals surface area contributed by atoms with Gasteiger partial charge in [0.05, 0.1) is 12.1 Å². The zero-order chi connectivity index (χ0) is 16.6. The SMILES string of the molecule is c1ccc([C@@H]2C[C@@H](c3cccc4ccccc34)n3ncnc3N2)cc1. The van der Waals surface area contributed by atoms with Crippen molar-refractivity contribution in [1.82, 2.24) is 14.8 Å². The summed E-state index contributed by atoms with van der Waals surface area (Å²) in [5.41, 5.74) is 2.58. The fraction of sp³-hybridized carbons (Fsp3) is 0.143. The molecule has 4 nitrogen and oxygen atoms in total. The Morgan fingerprint density at radius 3 is 2.60 bits per heavy atom. The van der Waals surface area contributed by atoms with Crippen molar-refractivity contribution in [2.75, 3.05) is 5.32 Å². The van der Waals surface area contributed by atoms with Crippen LogP contribution >= 0.6 is 0 Å². The summed E-state index contributed by atoms with van der Waals surface area (Å²) in [6.45, 7) is 0. The fourth-order valence-corrected chi connectivity index (χ4v) is 3.82. The maximum absolute atomic E-state index is 4.49. The summed E-state index contributed by atoms with van der Waals surface area (Å²) < 4.78 is 2.02. The molecule has 0 saturated heterocycles. The van der Waals surface area contributed by atoms with Gasteiger partial charge in [0.2, 0.25) is 5.95 Å². The van der Waals surface area contributed by atoms with Crippen LogP contribution in [0.4, 0.5) is 5.95 Å². The Bertz CT molecular complexity index is 1020. The number of rotatable bonds is 2. The highest BCUT2D eigenvalue weighted by molar-refractivity contribution is 5.86. The molecule has 0 unspecified atom stereocenters.